The molecule has 0 spiro atoms. The average Bonchev–Trinajstić information content (AvgIpc) is 3.03. The Hall–Kier alpha value is -2.76. The fraction of sp³-hybridized carbons (Fsp3) is 0.294. The number of piperidine rings is 1. The fourth-order valence-electron chi connectivity index (χ4n) is 2.67. The molecule has 0 radical (unpaired) electrons. The largest absolute Gasteiger partial charge is 0.480 e. The van der Waals surface area contributed by atoms with Crippen molar-refractivity contribution in [3.05, 3.63) is 48.2 Å². The highest BCUT2D eigenvalue weighted by Crippen LogP contribution is 2.26. The lowest BCUT2D eigenvalue weighted by Gasteiger charge is -2.32. The molecule has 1 unspecified atom stereocenters. The van der Waals surface area contributed by atoms with Crippen molar-refractivity contribution < 1.29 is 23.8 Å². The van der Waals surface area contributed by atoms with E-state index in [1.807, 2.05) is 18.2 Å². The molecule has 2 heterocycles. The summed E-state index contributed by atoms with van der Waals surface area (Å²) in [7, 11) is 0. The van der Waals surface area contributed by atoms with E-state index in [1.165, 1.54) is 11.0 Å². The van der Waals surface area contributed by atoms with E-state index in [0.717, 1.165) is 12.8 Å². The van der Waals surface area contributed by atoms with Gasteiger partial charge in [-0.25, -0.2) is 4.79 Å². The van der Waals surface area contributed by atoms with E-state index in [0.29, 0.717) is 18.7 Å². The number of nitrogens with zero attached hydrogens (tertiary/aromatic N) is 1. The number of likely N-dealkylation sites (tertiary alicyclic amines) is 1. The summed E-state index contributed by atoms with van der Waals surface area (Å²) < 4.78 is 10.9. The smallest absolute Gasteiger partial charge is 0.326 e. The van der Waals surface area contributed by atoms with Gasteiger partial charge < -0.3 is 19.2 Å². The monoisotopic (exact) mass is 315 g/mol. The van der Waals surface area contributed by atoms with E-state index in [9.17, 15) is 14.7 Å². The van der Waals surface area contributed by atoms with Crippen molar-refractivity contribution in [2.24, 2.45) is 0 Å². The number of amides is 1. The Labute approximate surface area is 133 Å². The highest BCUT2D eigenvalue weighted by molar-refractivity contribution is 5.94. The number of carboxylic acid groups (broad SMARTS) is 1. The van der Waals surface area contributed by atoms with E-state index in [2.05, 4.69) is 0 Å². The molecule has 23 heavy (non-hydrogen) atoms. The van der Waals surface area contributed by atoms with Crippen molar-refractivity contribution in [2.45, 2.75) is 25.3 Å². The van der Waals surface area contributed by atoms with Gasteiger partial charge in [0.25, 0.3) is 11.9 Å². The van der Waals surface area contributed by atoms with Crippen LogP contribution in [0.15, 0.2) is 46.9 Å². The van der Waals surface area contributed by atoms with Gasteiger partial charge in [-0.05, 0) is 37.5 Å². The molecule has 1 aromatic carbocycles. The van der Waals surface area contributed by atoms with Gasteiger partial charge in [-0.3, -0.25) is 4.79 Å². The molecule has 1 atom stereocenters. The minimum absolute atomic E-state index is 0.0871. The average molecular weight is 315 g/mol. The zero-order valence-corrected chi connectivity index (χ0v) is 12.5. The van der Waals surface area contributed by atoms with Crippen LogP contribution in [-0.2, 0) is 4.79 Å². The first-order valence-corrected chi connectivity index (χ1v) is 7.51. The number of para-hydroxylation sites is 1. The molecular weight excluding hydrogens is 298 g/mol. The molecule has 0 aliphatic carbocycles. The van der Waals surface area contributed by atoms with Crippen LogP contribution in [0.25, 0.3) is 0 Å². The number of ether oxygens (including phenoxy) is 1. The normalized spacial score (nSPS) is 17.7. The topological polar surface area (TPSA) is 80.0 Å². The van der Waals surface area contributed by atoms with Crippen LogP contribution >= 0.6 is 0 Å². The summed E-state index contributed by atoms with van der Waals surface area (Å²) in [6.07, 6.45) is 2.07. The van der Waals surface area contributed by atoms with Crippen molar-refractivity contribution in [3.63, 3.8) is 0 Å². The summed E-state index contributed by atoms with van der Waals surface area (Å²) in [5.41, 5.74) is 0. The second kappa shape index (κ2) is 6.56. The second-order valence-electron chi connectivity index (χ2n) is 5.38. The molecular formula is C17H17NO5. The Morgan fingerprint density at radius 1 is 1.13 bits per heavy atom. The molecule has 1 amide bonds. The van der Waals surface area contributed by atoms with Crippen molar-refractivity contribution in [3.8, 4) is 11.7 Å². The van der Waals surface area contributed by atoms with Crippen molar-refractivity contribution >= 4 is 11.9 Å². The molecule has 6 nitrogen and oxygen atoms in total. The molecule has 2 aromatic rings. The quantitative estimate of drug-likeness (QED) is 0.937. The van der Waals surface area contributed by atoms with Gasteiger partial charge in [0.15, 0.2) is 5.76 Å². The molecule has 1 fully saturated rings. The van der Waals surface area contributed by atoms with Gasteiger partial charge in [-0.15, -0.1) is 0 Å². The van der Waals surface area contributed by atoms with Gasteiger partial charge in [-0.2, -0.15) is 0 Å². The molecule has 1 aromatic heterocycles. The van der Waals surface area contributed by atoms with E-state index < -0.39 is 17.9 Å². The van der Waals surface area contributed by atoms with Gasteiger partial charge in [0.2, 0.25) is 0 Å². The number of aliphatic carboxylic acids is 1. The number of rotatable bonds is 4. The van der Waals surface area contributed by atoms with Gasteiger partial charge in [0.1, 0.15) is 11.8 Å². The zero-order chi connectivity index (χ0) is 16.2. The number of hydrogen-bond donors (Lipinski definition) is 1. The third-order valence-corrected chi connectivity index (χ3v) is 3.80. The van der Waals surface area contributed by atoms with Crippen LogP contribution in [0.4, 0.5) is 0 Å². The standard InChI is InChI=1S/C17H17NO5/c19-16(18-11-5-4-8-13(18)17(20)21)14-9-10-15(23-14)22-12-6-2-1-3-7-12/h1-3,6-7,9-10,13H,4-5,8,11H2,(H,20,21). The van der Waals surface area contributed by atoms with Gasteiger partial charge in [0, 0.05) is 12.6 Å². The van der Waals surface area contributed by atoms with E-state index in [1.54, 1.807) is 18.2 Å². The number of hydrogen-bond acceptors (Lipinski definition) is 4. The molecule has 1 aliphatic rings. The molecule has 1 N–H and O–H groups in total. The Bertz CT molecular complexity index is 694. The number of furan rings is 1. The predicted octanol–water partition coefficient (Wildman–Crippen LogP) is 3.15. The van der Waals surface area contributed by atoms with Gasteiger partial charge in [0.05, 0.1) is 0 Å². The maximum absolute atomic E-state index is 12.5. The van der Waals surface area contributed by atoms with Gasteiger partial charge >= 0.3 is 5.97 Å². The molecule has 6 heteroatoms. The van der Waals surface area contributed by atoms with E-state index >= 15 is 0 Å². The first-order chi connectivity index (χ1) is 11.1. The van der Waals surface area contributed by atoms with E-state index in [4.69, 9.17) is 9.15 Å². The number of carbonyl (C=O) groups excluding carboxylic acids is 1. The van der Waals surface area contributed by atoms with Crippen molar-refractivity contribution in [1.82, 2.24) is 4.90 Å². The Morgan fingerprint density at radius 3 is 2.65 bits per heavy atom. The van der Waals surface area contributed by atoms with Crippen LogP contribution < -0.4 is 4.74 Å². The highest BCUT2D eigenvalue weighted by atomic mass is 16.6. The predicted molar refractivity (Wildman–Crippen MR) is 81.5 cm³/mol. The summed E-state index contributed by atoms with van der Waals surface area (Å²) in [6.45, 7) is 0.422. The minimum atomic E-state index is -0.981. The van der Waals surface area contributed by atoms with Crippen LogP contribution in [0, 0.1) is 0 Å². The molecule has 0 saturated carbocycles. The lowest BCUT2D eigenvalue weighted by molar-refractivity contribution is -0.143. The summed E-state index contributed by atoms with van der Waals surface area (Å²) in [4.78, 5) is 25.1. The number of carbonyl (C=O) groups is 2. The minimum Gasteiger partial charge on any atom is -0.480 e. The maximum atomic E-state index is 12.5. The first-order valence-electron chi connectivity index (χ1n) is 7.51. The molecule has 1 aliphatic heterocycles. The van der Waals surface area contributed by atoms with Crippen LogP contribution in [-0.4, -0.2) is 34.5 Å². The van der Waals surface area contributed by atoms with Crippen molar-refractivity contribution in [2.75, 3.05) is 6.54 Å². The Morgan fingerprint density at radius 2 is 1.91 bits per heavy atom. The third kappa shape index (κ3) is 3.36. The lowest BCUT2D eigenvalue weighted by atomic mass is 10.0. The highest BCUT2D eigenvalue weighted by Gasteiger charge is 2.33. The Balaban J connectivity index is 1.74. The van der Waals surface area contributed by atoms with Crippen molar-refractivity contribution in [1.29, 1.82) is 0 Å². The SMILES string of the molecule is O=C(O)C1CCCCN1C(=O)c1ccc(Oc2ccccc2)o1. The summed E-state index contributed by atoms with van der Waals surface area (Å²) in [6, 6.07) is 11.3. The summed E-state index contributed by atoms with van der Waals surface area (Å²) in [5.74, 6) is -0.514. The fourth-order valence-corrected chi connectivity index (χ4v) is 2.67. The van der Waals surface area contributed by atoms with E-state index in [-0.39, 0.29) is 11.7 Å². The molecule has 3 rings (SSSR count). The first kappa shape index (κ1) is 15.1. The molecule has 1 saturated heterocycles. The van der Waals surface area contributed by atoms with Crippen LogP contribution in [0.1, 0.15) is 29.8 Å². The second-order valence-corrected chi connectivity index (χ2v) is 5.38. The third-order valence-electron chi connectivity index (χ3n) is 3.80. The van der Waals surface area contributed by atoms with Crippen LogP contribution in [0.2, 0.25) is 0 Å². The number of carboxylic acids is 1. The summed E-state index contributed by atoms with van der Waals surface area (Å²) in [5, 5.41) is 9.26. The van der Waals surface area contributed by atoms with Gasteiger partial charge in [-0.1, -0.05) is 18.2 Å². The summed E-state index contributed by atoms with van der Waals surface area (Å²) >= 11 is 0. The Kier molecular flexibility index (Phi) is 4.32. The lowest BCUT2D eigenvalue weighted by Crippen LogP contribution is -2.47. The zero-order valence-electron chi connectivity index (χ0n) is 12.5. The molecule has 0 bridgehead atoms. The molecule has 120 valence electrons. The van der Waals surface area contributed by atoms with Crippen LogP contribution in [0.3, 0.4) is 0 Å². The maximum Gasteiger partial charge on any atom is 0.326 e. The number of benzene rings is 1. The van der Waals surface area contributed by atoms with Crippen LogP contribution in [0.5, 0.6) is 11.7 Å².